The number of rotatable bonds is 4. The number of hydrogen-bond acceptors (Lipinski definition) is 7. The Morgan fingerprint density at radius 1 is 1.26 bits per heavy atom. The maximum atomic E-state index is 6.29. The highest BCUT2D eigenvalue weighted by molar-refractivity contribution is 6.42. The van der Waals surface area contributed by atoms with Crippen LogP contribution in [0.25, 0.3) is 11.2 Å². The van der Waals surface area contributed by atoms with Crippen molar-refractivity contribution in [3.63, 3.8) is 0 Å². The van der Waals surface area contributed by atoms with Crippen LogP contribution in [0.1, 0.15) is 25.7 Å². The van der Waals surface area contributed by atoms with Crippen molar-refractivity contribution >= 4 is 40.2 Å². The van der Waals surface area contributed by atoms with Gasteiger partial charge >= 0.3 is 0 Å². The lowest BCUT2D eigenvalue weighted by Crippen LogP contribution is -2.48. The zero-order chi connectivity index (χ0) is 19.0. The van der Waals surface area contributed by atoms with E-state index in [0.29, 0.717) is 16.9 Å². The van der Waals surface area contributed by atoms with Crippen molar-refractivity contribution in [3.05, 3.63) is 28.6 Å². The number of anilines is 1. The first kappa shape index (κ1) is 18.2. The molecule has 1 aliphatic carbocycles. The first-order valence-corrected chi connectivity index (χ1v) is 9.47. The van der Waals surface area contributed by atoms with Crippen LogP contribution in [0, 0.1) is 0 Å². The maximum absolute atomic E-state index is 6.29. The fraction of sp³-hybridized carbons (Fsp3) is 0.412. The summed E-state index contributed by atoms with van der Waals surface area (Å²) < 4.78 is 5.74. The van der Waals surface area contributed by atoms with Crippen LogP contribution in [0.2, 0.25) is 10.2 Å². The van der Waals surface area contributed by atoms with Gasteiger partial charge in [-0.15, -0.1) is 5.10 Å². The molecule has 142 valence electrons. The molecule has 1 aliphatic rings. The molecule has 0 saturated heterocycles. The first-order chi connectivity index (χ1) is 13.0. The summed E-state index contributed by atoms with van der Waals surface area (Å²) in [6.07, 6.45) is 7.64. The maximum Gasteiger partial charge on any atom is 0.266 e. The third kappa shape index (κ3) is 3.52. The molecule has 1 fully saturated rings. The van der Waals surface area contributed by atoms with E-state index in [4.69, 9.17) is 33.7 Å². The van der Waals surface area contributed by atoms with Gasteiger partial charge in [0.25, 0.3) is 5.88 Å². The Bertz CT molecular complexity index is 964. The Morgan fingerprint density at radius 2 is 2.07 bits per heavy atom. The minimum absolute atomic E-state index is 0.139. The van der Waals surface area contributed by atoms with Crippen LogP contribution < -0.4 is 15.4 Å². The number of ether oxygens (including phenoxy) is 1. The van der Waals surface area contributed by atoms with Crippen LogP contribution in [0.4, 0.5) is 5.82 Å². The molecule has 0 aromatic carbocycles. The second kappa shape index (κ2) is 7.46. The van der Waals surface area contributed by atoms with Gasteiger partial charge in [0.1, 0.15) is 10.8 Å². The lowest BCUT2D eigenvalue weighted by molar-refractivity contribution is 0.372. The lowest BCUT2D eigenvalue weighted by Gasteiger charge is -2.36. The summed E-state index contributed by atoms with van der Waals surface area (Å²) in [4.78, 5) is 15.1. The molecule has 10 heteroatoms. The summed E-state index contributed by atoms with van der Waals surface area (Å²) in [5.41, 5.74) is 7.31. The first-order valence-electron chi connectivity index (χ1n) is 8.72. The number of nitrogens with one attached hydrogen (secondary N) is 1. The van der Waals surface area contributed by atoms with Gasteiger partial charge in [-0.3, -0.25) is 5.10 Å². The van der Waals surface area contributed by atoms with E-state index in [-0.39, 0.29) is 28.1 Å². The molecule has 0 amide bonds. The van der Waals surface area contributed by atoms with E-state index in [2.05, 4.69) is 30.0 Å². The second-order valence-electron chi connectivity index (χ2n) is 6.60. The van der Waals surface area contributed by atoms with Gasteiger partial charge < -0.3 is 15.4 Å². The van der Waals surface area contributed by atoms with E-state index in [1.54, 1.807) is 12.3 Å². The minimum atomic E-state index is 0.139. The Hall–Kier alpha value is -2.16. The molecule has 0 aliphatic heterocycles. The number of aromatic amines is 1. The number of halogens is 2. The summed E-state index contributed by atoms with van der Waals surface area (Å²) >= 11 is 12.0. The Kier molecular flexibility index (Phi) is 5.03. The summed E-state index contributed by atoms with van der Waals surface area (Å²) in [7, 11) is 2.00. The predicted molar refractivity (Wildman–Crippen MR) is 105 cm³/mol. The standard InChI is InChI=1S/C17H19Cl2N7O/c1-26(10-5-3-2-4-9(10)20)12-8-22-14-16(23-12)24-25-17(14)27-11-6-7-21-15(19)13(11)18/h6-10H,2-5,20H2,1H3,(H,23,24,25)/t9-,10+/m0/s1. The van der Waals surface area contributed by atoms with Crippen molar-refractivity contribution in [1.29, 1.82) is 0 Å². The molecule has 4 rings (SSSR count). The SMILES string of the molecule is CN(c1cnc2c(Oc3ccnc(Cl)c3Cl)n[nH]c2n1)[C@@H]1CCCC[C@@H]1N. The van der Waals surface area contributed by atoms with Crippen LogP contribution in [-0.2, 0) is 0 Å². The molecule has 0 unspecified atom stereocenters. The molecule has 27 heavy (non-hydrogen) atoms. The molecule has 3 aromatic heterocycles. The van der Waals surface area contributed by atoms with Crippen molar-refractivity contribution in [1.82, 2.24) is 25.1 Å². The number of H-pyrrole nitrogens is 1. The number of nitrogens with zero attached hydrogens (tertiary/aromatic N) is 5. The zero-order valence-electron chi connectivity index (χ0n) is 14.7. The molecule has 3 aromatic rings. The number of nitrogens with two attached hydrogens (primary N) is 1. The third-order valence-electron chi connectivity index (χ3n) is 4.88. The van der Waals surface area contributed by atoms with Crippen molar-refractivity contribution in [2.45, 2.75) is 37.8 Å². The van der Waals surface area contributed by atoms with E-state index < -0.39 is 0 Å². The topological polar surface area (TPSA) is 106 Å². The van der Waals surface area contributed by atoms with Gasteiger partial charge in [0, 0.05) is 31.4 Å². The molecular weight excluding hydrogens is 389 g/mol. The fourth-order valence-electron chi connectivity index (χ4n) is 3.39. The molecule has 0 spiro atoms. The van der Waals surface area contributed by atoms with Crippen molar-refractivity contribution in [2.75, 3.05) is 11.9 Å². The van der Waals surface area contributed by atoms with Gasteiger partial charge in [-0.1, -0.05) is 36.0 Å². The van der Waals surface area contributed by atoms with Crippen LogP contribution in [-0.4, -0.2) is 44.3 Å². The van der Waals surface area contributed by atoms with E-state index in [0.717, 1.165) is 18.7 Å². The Balaban J connectivity index is 1.60. The summed E-state index contributed by atoms with van der Waals surface area (Å²) in [6.45, 7) is 0. The molecule has 0 radical (unpaired) electrons. The van der Waals surface area contributed by atoms with Gasteiger partial charge in [0.2, 0.25) is 0 Å². The number of likely N-dealkylation sites (N-methyl/N-ethyl adjacent to an activating group) is 1. The molecule has 8 nitrogen and oxygen atoms in total. The van der Waals surface area contributed by atoms with E-state index in [9.17, 15) is 0 Å². The predicted octanol–water partition coefficient (Wildman–Crippen LogP) is 3.55. The number of hydrogen-bond donors (Lipinski definition) is 2. The Morgan fingerprint density at radius 3 is 2.89 bits per heavy atom. The molecular formula is C17H19Cl2N7O. The second-order valence-corrected chi connectivity index (χ2v) is 7.33. The lowest BCUT2D eigenvalue weighted by atomic mass is 9.90. The summed E-state index contributed by atoms with van der Waals surface area (Å²) in [6, 6.07) is 2.00. The van der Waals surface area contributed by atoms with Crippen LogP contribution >= 0.6 is 23.2 Å². The van der Waals surface area contributed by atoms with Gasteiger partial charge in [0.15, 0.2) is 22.1 Å². The zero-order valence-corrected chi connectivity index (χ0v) is 16.2. The number of fused-ring (bicyclic) bond motifs is 1. The van der Waals surface area contributed by atoms with Crippen LogP contribution in [0.5, 0.6) is 11.6 Å². The fourth-order valence-corrected chi connectivity index (χ4v) is 3.69. The molecule has 2 atom stereocenters. The minimum Gasteiger partial charge on any atom is -0.434 e. The van der Waals surface area contributed by atoms with Crippen LogP contribution in [0.3, 0.4) is 0 Å². The molecule has 1 saturated carbocycles. The van der Waals surface area contributed by atoms with Gasteiger partial charge in [-0.25, -0.2) is 15.0 Å². The van der Waals surface area contributed by atoms with E-state index in [1.807, 2.05) is 7.05 Å². The van der Waals surface area contributed by atoms with E-state index >= 15 is 0 Å². The molecule has 3 heterocycles. The molecule has 0 bridgehead atoms. The molecule has 3 N–H and O–H groups in total. The van der Waals surface area contributed by atoms with Gasteiger partial charge in [-0.2, -0.15) is 0 Å². The van der Waals surface area contributed by atoms with Crippen molar-refractivity contribution in [3.8, 4) is 11.6 Å². The summed E-state index contributed by atoms with van der Waals surface area (Å²) in [5.74, 6) is 1.36. The van der Waals surface area contributed by atoms with Crippen molar-refractivity contribution < 1.29 is 4.74 Å². The van der Waals surface area contributed by atoms with Gasteiger partial charge in [-0.05, 0) is 12.8 Å². The van der Waals surface area contributed by atoms with Gasteiger partial charge in [0.05, 0.1) is 6.20 Å². The monoisotopic (exact) mass is 407 g/mol. The normalized spacial score (nSPS) is 20.0. The smallest absolute Gasteiger partial charge is 0.266 e. The van der Waals surface area contributed by atoms with E-state index in [1.165, 1.54) is 19.0 Å². The van der Waals surface area contributed by atoms with Crippen molar-refractivity contribution in [2.24, 2.45) is 5.73 Å². The summed E-state index contributed by atoms with van der Waals surface area (Å²) in [5, 5.41) is 7.38. The highest BCUT2D eigenvalue weighted by Gasteiger charge is 2.27. The third-order valence-corrected chi connectivity index (χ3v) is 5.63. The highest BCUT2D eigenvalue weighted by atomic mass is 35.5. The largest absolute Gasteiger partial charge is 0.434 e. The average Bonchev–Trinajstić information content (AvgIpc) is 3.07. The number of pyridine rings is 1. The number of aromatic nitrogens is 5. The average molecular weight is 408 g/mol. The quantitative estimate of drug-likeness (QED) is 0.636. The highest BCUT2D eigenvalue weighted by Crippen LogP contribution is 2.34. The Labute approximate surface area is 166 Å². The van der Waals surface area contributed by atoms with Crippen LogP contribution in [0.15, 0.2) is 18.5 Å².